The third-order valence-corrected chi connectivity index (χ3v) is 4.61. The molecule has 0 saturated carbocycles. The summed E-state index contributed by atoms with van der Waals surface area (Å²) < 4.78 is 0. The molecule has 7 heteroatoms. The van der Waals surface area contributed by atoms with Crippen molar-refractivity contribution in [3.8, 4) is 0 Å². The van der Waals surface area contributed by atoms with E-state index in [9.17, 15) is 19.2 Å². The monoisotopic (exact) mass is 379 g/mol. The Bertz CT molecular complexity index is 966. The molecule has 1 aliphatic heterocycles. The minimum Gasteiger partial charge on any atom is -0.326 e. The van der Waals surface area contributed by atoms with Gasteiger partial charge in [-0.1, -0.05) is 19.1 Å². The second kappa shape index (κ2) is 7.64. The number of hydrogen-bond donors (Lipinski definition) is 2. The molecule has 1 aliphatic rings. The van der Waals surface area contributed by atoms with Gasteiger partial charge in [0, 0.05) is 18.3 Å². The van der Waals surface area contributed by atoms with E-state index >= 15 is 0 Å². The van der Waals surface area contributed by atoms with Crippen molar-refractivity contribution in [1.29, 1.82) is 0 Å². The molecule has 1 atom stereocenters. The third kappa shape index (κ3) is 3.51. The lowest BCUT2D eigenvalue weighted by Gasteiger charge is -2.27. The van der Waals surface area contributed by atoms with Crippen molar-refractivity contribution in [3.63, 3.8) is 0 Å². The number of Topliss-reactive ketones (excluding diaryl/α,β-unsaturated/α-hetero) is 1. The summed E-state index contributed by atoms with van der Waals surface area (Å²) in [5.74, 6) is -1.85. The van der Waals surface area contributed by atoms with Gasteiger partial charge < -0.3 is 10.6 Å². The summed E-state index contributed by atoms with van der Waals surface area (Å²) in [6, 6.07) is 11.0. The Balaban J connectivity index is 1.84. The number of para-hydroxylation sites is 1. The van der Waals surface area contributed by atoms with Crippen molar-refractivity contribution in [2.45, 2.75) is 33.2 Å². The van der Waals surface area contributed by atoms with Crippen molar-refractivity contribution in [2.75, 3.05) is 15.5 Å². The number of amides is 3. The first-order valence-corrected chi connectivity index (χ1v) is 8.99. The summed E-state index contributed by atoms with van der Waals surface area (Å²) in [5, 5.41) is 5.43. The maximum atomic E-state index is 12.9. The van der Waals surface area contributed by atoms with Crippen LogP contribution < -0.4 is 15.5 Å². The molecule has 3 rings (SSSR count). The van der Waals surface area contributed by atoms with Gasteiger partial charge in [-0.3, -0.25) is 24.1 Å². The quantitative estimate of drug-likeness (QED) is 0.781. The van der Waals surface area contributed by atoms with Gasteiger partial charge in [-0.15, -0.1) is 0 Å². The molecule has 0 bridgehead atoms. The highest BCUT2D eigenvalue weighted by atomic mass is 16.2. The van der Waals surface area contributed by atoms with E-state index in [4.69, 9.17) is 0 Å². The van der Waals surface area contributed by atoms with Gasteiger partial charge in [0.2, 0.25) is 11.8 Å². The Morgan fingerprint density at radius 2 is 1.61 bits per heavy atom. The molecule has 0 fully saturated rings. The Kier molecular flexibility index (Phi) is 5.26. The van der Waals surface area contributed by atoms with Gasteiger partial charge in [0.05, 0.1) is 11.3 Å². The summed E-state index contributed by atoms with van der Waals surface area (Å²) in [6.07, 6.45) is 0.350. The predicted molar refractivity (Wildman–Crippen MR) is 106 cm³/mol. The number of aryl methyl sites for hydroxylation is 1. The second-order valence-corrected chi connectivity index (χ2v) is 6.65. The van der Waals surface area contributed by atoms with Gasteiger partial charge in [-0.25, -0.2) is 0 Å². The number of ketones is 1. The van der Waals surface area contributed by atoms with E-state index in [0.29, 0.717) is 29.0 Å². The number of nitrogens with one attached hydrogen (secondary N) is 2. The topological polar surface area (TPSA) is 95.6 Å². The van der Waals surface area contributed by atoms with Crippen molar-refractivity contribution in [1.82, 2.24) is 0 Å². The van der Waals surface area contributed by atoms with Crippen LogP contribution in [-0.2, 0) is 14.4 Å². The highest BCUT2D eigenvalue weighted by molar-refractivity contribution is 6.53. The average molecular weight is 379 g/mol. The van der Waals surface area contributed by atoms with Crippen LogP contribution in [0.3, 0.4) is 0 Å². The zero-order chi connectivity index (χ0) is 20.4. The molecule has 144 valence electrons. The standard InChI is InChI=1S/C21H21N3O4/c1-4-17(20(27)23-15-10-8-14(9-11-15)22-13(3)25)24-18-12(2)6-5-7-16(18)19(26)21(24)28/h5-11,17H,4H2,1-3H3,(H,22,25)(H,23,27). The highest BCUT2D eigenvalue weighted by Crippen LogP contribution is 2.34. The van der Waals surface area contributed by atoms with Gasteiger partial charge in [0.25, 0.3) is 11.7 Å². The molecule has 0 radical (unpaired) electrons. The van der Waals surface area contributed by atoms with Gasteiger partial charge in [0.1, 0.15) is 6.04 Å². The summed E-state index contributed by atoms with van der Waals surface area (Å²) in [4.78, 5) is 50.2. The largest absolute Gasteiger partial charge is 0.326 e. The van der Waals surface area contributed by atoms with E-state index in [2.05, 4.69) is 10.6 Å². The maximum absolute atomic E-state index is 12.9. The van der Waals surface area contributed by atoms with Crippen LogP contribution in [0.2, 0.25) is 0 Å². The molecule has 3 amide bonds. The van der Waals surface area contributed by atoms with Crippen LogP contribution in [0.4, 0.5) is 17.1 Å². The molecule has 2 aromatic carbocycles. The van der Waals surface area contributed by atoms with E-state index < -0.39 is 17.7 Å². The van der Waals surface area contributed by atoms with Gasteiger partial charge in [0.15, 0.2) is 0 Å². The molecule has 1 heterocycles. The first kappa shape index (κ1) is 19.3. The zero-order valence-electron chi connectivity index (χ0n) is 15.9. The van der Waals surface area contributed by atoms with E-state index in [0.717, 1.165) is 5.56 Å². The minimum absolute atomic E-state index is 0.186. The summed E-state index contributed by atoms with van der Waals surface area (Å²) >= 11 is 0. The van der Waals surface area contributed by atoms with E-state index in [1.165, 1.54) is 11.8 Å². The van der Waals surface area contributed by atoms with Crippen molar-refractivity contribution < 1.29 is 19.2 Å². The van der Waals surface area contributed by atoms with Crippen LogP contribution >= 0.6 is 0 Å². The summed E-state index contributed by atoms with van der Waals surface area (Å²) in [7, 11) is 0. The molecule has 0 aliphatic carbocycles. The molecule has 2 N–H and O–H groups in total. The lowest BCUT2D eigenvalue weighted by Crippen LogP contribution is -2.46. The number of benzene rings is 2. The number of hydrogen-bond acceptors (Lipinski definition) is 4. The molecular weight excluding hydrogens is 358 g/mol. The zero-order valence-corrected chi connectivity index (χ0v) is 15.9. The molecule has 1 unspecified atom stereocenters. The number of carbonyl (C=O) groups is 4. The van der Waals surface area contributed by atoms with E-state index in [-0.39, 0.29) is 11.8 Å². The predicted octanol–water partition coefficient (Wildman–Crippen LogP) is 2.90. The smallest absolute Gasteiger partial charge is 0.300 e. The summed E-state index contributed by atoms with van der Waals surface area (Å²) in [6.45, 7) is 5.01. The molecule has 2 aromatic rings. The van der Waals surface area contributed by atoms with E-state index in [1.807, 2.05) is 13.0 Å². The first-order chi connectivity index (χ1) is 13.3. The van der Waals surface area contributed by atoms with Crippen LogP contribution in [0.25, 0.3) is 0 Å². The lowest BCUT2D eigenvalue weighted by molar-refractivity contribution is -0.121. The Labute approximate surface area is 162 Å². The molecule has 0 saturated heterocycles. The molecule has 28 heavy (non-hydrogen) atoms. The van der Waals surface area contributed by atoms with Gasteiger partial charge >= 0.3 is 0 Å². The van der Waals surface area contributed by atoms with Crippen molar-refractivity contribution >= 4 is 40.6 Å². The molecule has 0 spiro atoms. The number of nitrogens with zero attached hydrogens (tertiary/aromatic N) is 1. The van der Waals surface area contributed by atoms with Crippen LogP contribution in [0.5, 0.6) is 0 Å². The number of rotatable bonds is 5. The molecular formula is C21H21N3O4. The Hall–Kier alpha value is -3.48. The van der Waals surface area contributed by atoms with Crippen LogP contribution in [0.1, 0.15) is 36.2 Å². The van der Waals surface area contributed by atoms with Crippen LogP contribution in [-0.4, -0.2) is 29.5 Å². The Morgan fingerprint density at radius 3 is 2.18 bits per heavy atom. The SMILES string of the molecule is CCC(C(=O)Nc1ccc(NC(C)=O)cc1)N1C(=O)C(=O)c2cccc(C)c21. The second-order valence-electron chi connectivity index (χ2n) is 6.65. The van der Waals surface area contributed by atoms with Crippen LogP contribution in [0, 0.1) is 6.92 Å². The summed E-state index contributed by atoms with van der Waals surface area (Å²) in [5.41, 5.74) is 2.74. The Morgan fingerprint density at radius 1 is 1.00 bits per heavy atom. The maximum Gasteiger partial charge on any atom is 0.300 e. The highest BCUT2D eigenvalue weighted by Gasteiger charge is 2.42. The van der Waals surface area contributed by atoms with Crippen molar-refractivity contribution in [2.24, 2.45) is 0 Å². The minimum atomic E-state index is -0.811. The number of fused-ring (bicyclic) bond motifs is 1. The third-order valence-electron chi connectivity index (χ3n) is 4.61. The molecule has 0 aromatic heterocycles. The van der Waals surface area contributed by atoms with Gasteiger partial charge in [-0.05, 0) is 49.2 Å². The lowest BCUT2D eigenvalue weighted by atomic mass is 10.1. The van der Waals surface area contributed by atoms with Crippen LogP contribution in [0.15, 0.2) is 42.5 Å². The van der Waals surface area contributed by atoms with E-state index in [1.54, 1.807) is 43.3 Å². The fourth-order valence-corrected chi connectivity index (χ4v) is 3.34. The average Bonchev–Trinajstić information content (AvgIpc) is 2.90. The van der Waals surface area contributed by atoms with Crippen molar-refractivity contribution in [3.05, 3.63) is 53.6 Å². The first-order valence-electron chi connectivity index (χ1n) is 8.99. The van der Waals surface area contributed by atoms with Gasteiger partial charge in [-0.2, -0.15) is 0 Å². The number of carbonyl (C=O) groups excluding carboxylic acids is 4. The normalized spacial score (nSPS) is 13.9. The molecule has 7 nitrogen and oxygen atoms in total. The fraction of sp³-hybridized carbons (Fsp3) is 0.238. The fourth-order valence-electron chi connectivity index (χ4n) is 3.34. The number of anilines is 3.